The van der Waals surface area contributed by atoms with E-state index in [1.54, 1.807) is 22.1 Å². The number of aromatic nitrogens is 2. The summed E-state index contributed by atoms with van der Waals surface area (Å²) in [6, 6.07) is 5.98. The van der Waals surface area contributed by atoms with Crippen LogP contribution in [-0.4, -0.2) is 16.1 Å². The van der Waals surface area contributed by atoms with Crippen LogP contribution in [0.25, 0.3) is 0 Å². The first kappa shape index (κ1) is 12.0. The average molecular weight is 249 g/mol. The highest BCUT2D eigenvalue weighted by Crippen LogP contribution is 2.06. The summed E-state index contributed by atoms with van der Waals surface area (Å²) in [5.41, 5.74) is 0.584. The fraction of sp³-hybridized carbons (Fsp3) is 0.333. The second-order valence-corrected chi connectivity index (χ2v) is 4.83. The van der Waals surface area contributed by atoms with Crippen molar-refractivity contribution in [1.29, 1.82) is 0 Å². The SMILES string of the molecule is Cc1ccn(CCNCc2cccs2)c(=O)n1. The minimum absolute atomic E-state index is 0.178. The summed E-state index contributed by atoms with van der Waals surface area (Å²) in [5.74, 6) is 0. The number of thiophene rings is 1. The van der Waals surface area contributed by atoms with E-state index >= 15 is 0 Å². The first-order valence-corrected chi connectivity index (χ1v) is 6.41. The maximum absolute atomic E-state index is 11.5. The van der Waals surface area contributed by atoms with Gasteiger partial charge in [-0.25, -0.2) is 4.79 Å². The summed E-state index contributed by atoms with van der Waals surface area (Å²) in [7, 11) is 0. The van der Waals surface area contributed by atoms with Crippen molar-refractivity contribution in [3.63, 3.8) is 0 Å². The third kappa shape index (κ3) is 3.51. The highest BCUT2D eigenvalue weighted by molar-refractivity contribution is 7.09. The number of rotatable bonds is 5. The Kier molecular flexibility index (Phi) is 4.06. The molecule has 0 fully saturated rings. The lowest BCUT2D eigenvalue weighted by molar-refractivity contribution is 0.576. The van der Waals surface area contributed by atoms with Crippen LogP contribution in [0.3, 0.4) is 0 Å². The maximum Gasteiger partial charge on any atom is 0.347 e. The molecule has 0 unspecified atom stereocenters. The maximum atomic E-state index is 11.5. The Morgan fingerprint density at radius 3 is 3.06 bits per heavy atom. The van der Waals surface area contributed by atoms with Gasteiger partial charge in [-0.15, -0.1) is 11.3 Å². The molecule has 5 heteroatoms. The predicted molar refractivity (Wildman–Crippen MR) is 69.3 cm³/mol. The zero-order valence-electron chi connectivity index (χ0n) is 9.72. The molecule has 2 aromatic rings. The lowest BCUT2D eigenvalue weighted by Crippen LogP contribution is -2.28. The van der Waals surface area contributed by atoms with Gasteiger partial charge in [0.15, 0.2) is 0 Å². The van der Waals surface area contributed by atoms with Crippen LogP contribution in [-0.2, 0) is 13.1 Å². The van der Waals surface area contributed by atoms with E-state index in [2.05, 4.69) is 21.7 Å². The van der Waals surface area contributed by atoms with E-state index < -0.39 is 0 Å². The number of hydrogen-bond donors (Lipinski definition) is 1. The summed E-state index contributed by atoms with van der Waals surface area (Å²) >= 11 is 1.73. The number of aryl methyl sites for hydroxylation is 1. The molecule has 0 aliphatic heterocycles. The summed E-state index contributed by atoms with van der Waals surface area (Å²) in [6.45, 7) is 4.09. The normalized spacial score (nSPS) is 10.6. The first-order chi connectivity index (χ1) is 8.25. The van der Waals surface area contributed by atoms with Crippen LogP contribution in [0.4, 0.5) is 0 Å². The molecular formula is C12H15N3OS. The second kappa shape index (κ2) is 5.75. The predicted octanol–water partition coefficient (Wildman–Crippen LogP) is 1.40. The third-order valence-electron chi connectivity index (χ3n) is 2.42. The second-order valence-electron chi connectivity index (χ2n) is 3.80. The van der Waals surface area contributed by atoms with Gasteiger partial charge in [0.2, 0.25) is 0 Å². The van der Waals surface area contributed by atoms with E-state index in [9.17, 15) is 4.79 Å². The average Bonchev–Trinajstić information content (AvgIpc) is 2.79. The van der Waals surface area contributed by atoms with Crippen LogP contribution in [0.2, 0.25) is 0 Å². The van der Waals surface area contributed by atoms with Gasteiger partial charge in [-0.2, -0.15) is 4.98 Å². The Bertz CT molecular complexity index is 519. The van der Waals surface area contributed by atoms with Crippen molar-refractivity contribution in [2.45, 2.75) is 20.0 Å². The van der Waals surface area contributed by atoms with Gasteiger partial charge in [-0.1, -0.05) is 6.07 Å². The molecule has 0 spiro atoms. The topological polar surface area (TPSA) is 46.9 Å². The molecule has 2 rings (SSSR count). The van der Waals surface area contributed by atoms with Crippen LogP contribution in [0.15, 0.2) is 34.6 Å². The molecule has 1 N–H and O–H groups in total. The molecule has 2 heterocycles. The van der Waals surface area contributed by atoms with Crippen LogP contribution >= 0.6 is 11.3 Å². The number of nitrogens with one attached hydrogen (secondary N) is 1. The molecule has 0 atom stereocenters. The monoisotopic (exact) mass is 249 g/mol. The summed E-state index contributed by atoms with van der Waals surface area (Å²) in [6.07, 6.45) is 1.79. The lowest BCUT2D eigenvalue weighted by atomic mass is 10.4. The van der Waals surface area contributed by atoms with Crippen molar-refractivity contribution in [2.75, 3.05) is 6.54 Å². The van der Waals surface area contributed by atoms with Gasteiger partial charge in [-0.05, 0) is 24.4 Å². The third-order valence-corrected chi connectivity index (χ3v) is 3.30. The van der Waals surface area contributed by atoms with Crippen LogP contribution < -0.4 is 11.0 Å². The van der Waals surface area contributed by atoms with Gasteiger partial charge in [0.25, 0.3) is 0 Å². The molecule has 4 nitrogen and oxygen atoms in total. The summed E-state index contributed by atoms with van der Waals surface area (Å²) in [5, 5.41) is 5.36. The van der Waals surface area contributed by atoms with E-state index in [0.29, 0.717) is 6.54 Å². The van der Waals surface area contributed by atoms with Crippen LogP contribution in [0.5, 0.6) is 0 Å². The highest BCUT2D eigenvalue weighted by Gasteiger charge is 1.97. The molecule has 0 amide bonds. The van der Waals surface area contributed by atoms with E-state index in [1.807, 2.05) is 19.1 Å². The van der Waals surface area contributed by atoms with Gasteiger partial charge in [0, 0.05) is 36.4 Å². The Labute approximate surface area is 104 Å². The molecular weight excluding hydrogens is 234 g/mol. The zero-order chi connectivity index (χ0) is 12.1. The molecule has 0 aliphatic carbocycles. The quantitative estimate of drug-likeness (QED) is 0.815. The largest absolute Gasteiger partial charge is 0.347 e. The molecule has 0 saturated heterocycles. The minimum Gasteiger partial charge on any atom is -0.310 e. The van der Waals surface area contributed by atoms with E-state index in [1.165, 1.54) is 4.88 Å². The number of hydrogen-bond acceptors (Lipinski definition) is 4. The van der Waals surface area contributed by atoms with E-state index in [-0.39, 0.29) is 5.69 Å². The standard InChI is InChI=1S/C12H15N3OS/c1-10-4-6-15(12(16)14-10)7-5-13-9-11-3-2-8-17-11/h2-4,6,8,13H,5,7,9H2,1H3. The zero-order valence-corrected chi connectivity index (χ0v) is 10.5. The van der Waals surface area contributed by atoms with Crippen molar-refractivity contribution in [1.82, 2.24) is 14.9 Å². The van der Waals surface area contributed by atoms with Gasteiger partial charge in [0.05, 0.1) is 0 Å². The Morgan fingerprint density at radius 1 is 1.47 bits per heavy atom. The Morgan fingerprint density at radius 2 is 2.35 bits per heavy atom. The van der Waals surface area contributed by atoms with Crippen molar-refractivity contribution < 1.29 is 0 Å². The Hall–Kier alpha value is -1.46. The molecule has 0 aliphatic rings. The summed E-state index contributed by atoms with van der Waals surface area (Å²) < 4.78 is 1.62. The fourth-order valence-corrected chi connectivity index (χ4v) is 2.18. The first-order valence-electron chi connectivity index (χ1n) is 5.53. The smallest absolute Gasteiger partial charge is 0.310 e. The molecule has 17 heavy (non-hydrogen) atoms. The minimum atomic E-state index is -0.178. The van der Waals surface area contributed by atoms with Gasteiger partial charge in [-0.3, -0.25) is 4.57 Å². The van der Waals surface area contributed by atoms with Crippen molar-refractivity contribution in [2.24, 2.45) is 0 Å². The highest BCUT2D eigenvalue weighted by atomic mass is 32.1. The molecule has 90 valence electrons. The molecule has 0 aromatic carbocycles. The van der Waals surface area contributed by atoms with Crippen molar-refractivity contribution >= 4 is 11.3 Å². The molecule has 2 aromatic heterocycles. The summed E-state index contributed by atoms with van der Waals surface area (Å²) in [4.78, 5) is 16.7. The van der Waals surface area contributed by atoms with Gasteiger partial charge in [0.1, 0.15) is 0 Å². The lowest BCUT2D eigenvalue weighted by Gasteiger charge is -2.06. The van der Waals surface area contributed by atoms with E-state index in [4.69, 9.17) is 0 Å². The Balaban J connectivity index is 1.80. The van der Waals surface area contributed by atoms with Crippen LogP contribution in [0, 0.1) is 6.92 Å². The van der Waals surface area contributed by atoms with Gasteiger partial charge >= 0.3 is 5.69 Å². The van der Waals surface area contributed by atoms with Crippen LogP contribution in [0.1, 0.15) is 10.6 Å². The molecule has 0 radical (unpaired) electrons. The van der Waals surface area contributed by atoms with E-state index in [0.717, 1.165) is 18.8 Å². The molecule has 0 saturated carbocycles. The van der Waals surface area contributed by atoms with Gasteiger partial charge < -0.3 is 5.32 Å². The van der Waals surface area contributed by atoms with Crippen molar-refractivity contribution in [3.05, 3.63) is 50.8 Å². The fourth-order valence-electron chi connectivity index (χ4n) is 1.51. The number of nitrogens with zero attached hydrogens (tertiary/aromatic N) is 2. The molecule has 0 bridgehead atoms. The van der Waals surface area contributed by atoms with Crippen molar-refractivity contribution in [3.8, 4) is 0 Å².